The van der Waals surface area contributed by atoms with E-state index in [-0.39, 0.29) is 52.4 Å². The Morgan fingerprint density at radius 3 is 1.38 bits per heavy atom. The van der Waals surface area contributed by atoms with Crippen LogP contribution in [0.4, 0.5) is 73.6 Å². The summed E-state index contributed by atoms with van der Waals surface area (Å²) in [6, 6.07) is 11.7. The van der Waals surface area contributed by atoms with Gasteiger partial charge in [-0.25, -0.2) is 9.59 Å². The number of halogens is 13. The number of alkyl halides is 12. The van der Waals surface area contributed by atoms with Crippen molar-refractivity contribution in [3.05, 3.63) is 52.0 Å². The maximum absolute atomic E-state index is 12.6. The molecule has 0 aromatic heterocycles. The number of nitrogens with zero attached hydrogens (tertiary/aromatic N) is 6. The number of methoxy groups -OCH3 is 1. The molecule has 0 bridgehead atoms. The lowest BCUT2D eigenvalue weighted by Crippen LogP contribution is -2.52. The molecule has 0 spiro atoms. The third-order valence-electron chi connectivity index (χ3n) is 10.7. The summed E-state index contributed by atoms with van der Waals surface area (Å²) in [5, 5.41) is 0. The molecule has 0 unspecified atom stereocenters. The maximum Gasteiger partial charge on any atom is 0.434 e. The van der Waals surface area contributed by atoms with Gasteiger partial charge in [0.05, 0.1) is 33.5 Å². The molecule has 0 atom stereocenters. The standard InChI is InChI=1S/C20H25F6N3O4.C19H22BrF6N3O3/c1-31-16-12-15(28-8-10-32-11-9-28)3-2-14(16)13-27-4-6-29(7-5-27)18(30)33-17(19(21,22)23)20(24,25)26;20-14-2-1-13(15(11-14)28-7-9-31-10-8-28)12-27-3-5-29(6-4-27)17(30)32-16(18(21,22)23)19(24,25)26/h2-3,12,17H,4-11,13H2,1H3;1-2,11,16H,3-10,12H2. The molecule has 65 heavy (non-hydrogen) atoms. The van der Waals surface area contributed by atoms with Crippen LogP contribution < -0.4 is 14.5 Å². The molecular weight excluding hydrogens is 972 g/mol. The summed E-state index contributed by atoms with van der Waals surface area (Å²) < 4.78 is 176. The number of morpholine rings is 2. The van der Waals surface area contributed by atoms with Gasteiger partial charge in [0.15, 0.2) is 0 Å². The highest BCUT2D eigenvalue weighted by molar-refractivity contribution is 9.10. The Hall–Kier alpha value is -4.14. The molecule has 26 heteroatoms. The molecule has 13 nitrogen and oxygen atoms in total. The molecule has 2 aromatic carbocycles. The first-order valence-corrected chi connectivity index (χ1v) is 21.0. The Morgan fingerprint density at radius 1 is 0.569 bits per heavy atom. The second-order valence-electron chi connectivity index (χ2n) is 15.2. The first-order chi connectivity index (χ1) is 30.4. The predicted octanol–water partition coefficient (Wildman–Crippen LogP) is 7.31. The third-order valence-corrected chi connectivity index (χ3v) is 11.2. The summed E-state index contributed by atoms with van der Waals surface area (Å²) >= 11 is 3.47. The van der Waals surface area contributed by atoms with E-state index in [1.165, 1.54) is 0 Å². The van der Waals surface area contributed by atoms with Crippen LogP contribution in [0.5, 0.6) is 5.75 Å². The van der Waals surface area contributed by atoms with E-state index in [1.807, 2.05) is 46.2 Å². The molecule has 2 aromatic rings. The van der Waals surface area contributed by atoms with Crippen LogP contribution in [0, 0.1) is 0 Å². The summed E-state index contributed by atoms with van der Waals surface area (Å²) in [5.74, 6) is 0.666. The average molecular weight is 1020 g/mol. The van der Waals surface area contributed by atoms with Crippen LogP contribution in [0.2, 0.25) is 0 Å². The van der Waals surface area contributed by atoms with Gasteiger partial charge in [-0.15, -0.1) is 0 Å². The SMILES string of the molecule is COc1cc(N2CCOCC2)ccc1CN1CCN(C(=O)OC(C(F)(F)F)C(F)(F)F)CC1.O=C(OC(C(F)(F)F)C(F)(F)F)N1CCN(Cc2ccc(Br)cc2N2CCOCC2)CC1. The van der Waals surface area contributed by atoms with Crippen LogP contribution in [0.1, 0.15) is 11.1 Å². The summed E-state index contributed by atoms with van der Waals surface area (Å²) in [5.41, 5.74) is 3.93. The molecule has 0 N–H and O–H groups in total. The van der Waals surface area contributed by atoms with Gasteiger partial charge in [-0.3, -0.25) is 9.80 Å². The van der Waals surface area contributed by atoms with Gasteiger partial charge in [0, 0.05) is 119 Å². The Balaban J connectivity index is 0.000000244. The van der Waals surface area contributed by atoms with E-state index >= 15 is 0 Å². The summed E-state index contributed by atoms with van der Waals surface area (Å²) in [4.78, 5) is 33.8. The van der Waals surface area contributed by atoms with Crippen molar-refractivity contribution >= 4 is 39.5 Å². The lowest BCUT2D eigenvalue weighted by atomic mass is 10.1. The lowest BCUT2D eigenvalue weighted by Gasteiger charge is -2.36. The van der Waals surface area contributed by atoms with Crippen LogP contribution in [0.15, 0.2) is 40.9 Å². The molecular formula is C39H47BrF12N6O7. The zero-order valence-corrected chi connectivity index (χ0v) is 36.4. The van der Waals surface area contributed by atoms with E-state index in [0.717, 1.165) is 63.0 Å². The fourth-order valence-electron chi connectivity index (χ4n) is 7.30. The first-order valence-electron chi connectivity index (χ1n) is 20.2. The van der Waals surface area contributed by atoms with Gasteiger partial charge < -0.3 is 43.3 Å². The Bertz CT molecular complexity index is 1840. The van der Waals surface area contributed by atoms with Crippen LogP contribution in [0.25, 0.3) is 0 Å². The maximum atomic E-state index is 12.6. The third kappa shape index (κ3) is 14.9. The summed E-state index contributed by atoms with van der Waals surface area (Å²) in [7, 11) is 1.55. The molecule has 0 radical (unpaired) electrons. The Morgan fingerprint density at radius 2 is 0.969 bits per heavy atom. The highest BCUT2D eigenvalue weighted by atomic mass is 79.9. The number of ether oxygens (including phenoxy) is 5. The van der Waals surface area contributed by atoms with E-state index in [0.29, 0.717) is 45.3 Å². The monoisotopic (exact) mass is 1020 g/mol. The lowest BCUT2D eigenvalue weighted by molar-refractivity contribution is -0.309. The molecule has 2 amide bonds. The minimum atomic E-state index is -5.74. The fraction of sp³-hybridized carbons (Fsp3) is 0.641. The number of rotatable bonds is 9. The molecule has 0 saturated carbocycles. The highest BCUT2D eigenvalue weighted by Gasteiger charge is 2.61. The van der Waals surface area contributed by atoms with Crippen LogP contribution in [-0.4, -0.2) is 181 Å². The highest BCUT2D eigenvalue weighted by Crippen LogP contribution is 2.38. The van der Waals surface area contributed by atoms with Crippen LogP contribution >= 0.6 is 15.9 Å². The largest absolute Gasteiger partial charge is 0.496 e. The van der Waals surface area contributed by atoms with E-state index in [4.69, 9.17) is 14.2 Å². The minimum Gasteiger partial charge on any atom is -0.496 e. The van der Waals surface area contributed by atoms with Crippen LogP contribution in [0.3, 0.4) is 0 Å². The molecule has 0 aliphatic carbocycles. The zero-order valence-electron chi connectivity index (χ0n) is 34.8. The van der Waals surface area contributed by atoms with Gasteiger partial charge in [0.1, 0.15) is 5.75 Å². The van der Waals surface area contributed by atoms with Crippen LogP contribution in [-0.2, 0) is 32.0 Å². The Kier molecular flexibility index (Phi) is 17.6. The van der Waals surface area contributed by atoms with Crippen molar-refractivity contribution in [2.45, 2.75) is 50.0 Å². The smallest absolute Gasteiger partial charge is 0.434 e. The molecule has 4 saturated heterocycles. The van der Waals surface area contributed by atoms with E-state index in [9.17, 15) is 62.3 Å². The molecule has 4 aliphatic heterocycles. The number of hydrogen-bond acceptors (Lipinski definition) is 11. The number of carbonyl (C=O) groups excluding carboxylic acids is 2. The first kappa shape index (κ1) is 51.8. The number of amides is 2. The quantitative estimate of drug-likeness (QED) is 0.237. The number of piperazine rings is 2. The zero-order chi connectivity index (χ0) is 47.7. The van der Waals surface area contributed by atoms with Crippen molar-refractivity contribution in [3.63, 3.8) is 0 Å². The minimum absolute atomic E-state index is 0.0370. The van der Waals surface area contributed by atoms with Crippen molar-refractivity contribution < 1.29 is 86.0 Å². The topological polar surface area (TPSA) is 99.7 Å². The molecule has 6 rings (SSSR count). The van der Waals surface area contributed by atoms with Crippen molar-refractivity contribution in [3.8, 4) is 5.75 Å². The predicted molar refractivity (Wildman–Crippen MR) is 212 cm³/mol. The van der Waals surface area contributed by atoms with E-state index < -0.39 is 49.1 Å². The van der Waals surface area contributed by atoms with Crippen molar-refractivity contribution in [2.24, 2.45) is 0 Å². The molecule has 4 heterocycles. The van der Waals surface area contributed by atoms with Crippen molar-refractivity contribution in [1.29, 1.82) is 0 Å². The summed E-state index contributed by atoms with van der Waals surface area (Å²) in [6.07, 6.45) is -34.5. The molecule has 366 valence electrons. The number of anilines is 2. The van der Waals surface area contributed by atoms with Crippen molar-refractivity contribution in [2.75, 3.05) is 122 Å². The normalized spacial score (nSPS) is 18.7. The number of carbonyl (C=O) groups is 2. The van der Waals surface area contributed by atoms with Crippen molar-refractivity contribution in [1.82, 2.24) is 19.6 Å². The van der Waals surface area contributed by atoms with Gasteiger partial charge >= 0.3 is 36.9 Å². The van der Waals surface area contributed by atoms with E-state index in [2.05, 4.69) is 35.2 Å². The van der Waals surface area contributed by atoms with Gasteiger partial charge in [-0.2, -0.15) is 52.7 Å². The molecule has 4 aliphatic rings. The van der Waals surface area contributed by atoms with Gasteiger partial charge in [0.25, 0.3) is 12.2 Å². The second-order valence-corrected chi connectivity index (χ2v) is 16.1. The van der Waals surface area contributed by atoms with Gasteiger partial charge in [-0.1, -0.05) is 28.1 Å². The Labute approximate surface area is 374 Å². The molecule has 4 fully saturated rings. The summed E-state index contributed by atoms with van der Waals surface area (Å²) in [6.45, 7) is 7.39. The van der Waals surface area contributed by atoms with E-state index in [1.54, 1.807) is 7.11 Å². The van der Waals surface area contributed by atoms with Gasteiger partial charge in [-0.05, 0) is 23.8 Å². The number of hydrogen-bond donors (Lipinski definition) is 0. The number of benzene rings is 2. The second kappa shape index (κ2) is 22.1. The fourth-order valence-corrected chi connectivity index (χ4v) is 7.65. The van der Waals surface area contributed by atoms with Gasteiger partial charge in [0.2, 0.25) is 0 Å². The average Bonchev–Trinajstić information content (AvgIpc) is 3.25.